The minimum absolute atomic E-state index is 0.0785. The van der Waals surface area contributed by atoms with Gasteiger partial charge in [0.05, 0.1) is 9.82 Å². The maximum atomic E-state index is 11.7. The number of nitro benzene ring substituents is 1. The van der Waals surface area contributed by atoms with Crippen LogP contribution in [-0.4, -0.2) is 19.2 Å². The van der Waals surface area contributed by atoms with Gasteiger partial charge in [-0.1, -0.05) is 6.07 Å². The second kappa shape index (κ2) is 7.21. The first-order chi connectivity index (χ1) is 11.3. The number of primary sulfonamides is 1. The van der Waals surface area contributed by atoms with E-state index in [1.54, 1.807) is 6.08 Å². The summed E-state index contributed by atoms with van der Waals surface area (Å²) >= 11 is 1.44. The van der Waals surface area contributed by atoms with E-state index in [-0.39, 0.29) is 5.69 Å². The van der Waals surface area contributed by atoms with E-state index in [0.717, 1.165) is 23.1 Å². The molecule has 0 atom stereocenters. The summed E-state index contributed by atoms with van der Waals surface area (Å²) < 4.78 is 22.5. The zero-order valence-electron chi connectivity index (χ0n) is 12.0. The number of hydrogen-bond acceptors (Lipinski definition) is 7. The molecule has 2 aromatic rings. The molecular weight excluding hydrogens is 356 g/mol. The van der Waals surface area contributed by atoms with Crippen molar-refractivity contribution >= 4 is 44.7 Å². The predicted molar refractivity (Wildman–Crippen MR) is 89.6 cm³/mol. The normalized spacial score (nSPS) is 11.4. The van der Waals surface area contributed by atoms with Crippen LogP contribution in [0.5, 0.6) is 0 Å². The number of benzene rings is 1. The van der Waals surface area contributed by atoms with E-state index in [0.29, 0.717) is 0 Å². The van der Waals surface area contributed by atoms with Crippen LogP contribution in [0.3, 0.4) is 0 Å². The van der Waals surface area contributed by atoms with Crippen LogP contribution in [-0.2, 0) is 14.8 Å². The highest BCUT2D eigenvalue weighted by molar-refractivity contribution is 7.89. The lowest BCUT2D eigenvalue weighted by atomic mass is 10.3. The fraction of sp³-hybridized carbons (Fsp3) is 0. The van der Waals surface area contributed by atoms with E-state index < -0.39 is 31.4 Å². The molecule has 9 nitrogen and oxygen atoms in total. The number of hydrogen-bond donors (Lipinski definition) is 3. The molecule has 0 spiro atoms. The Labute approximate surface area is 141 Å². The number of hydrazine groups is 1. The Bertz CT molecular complexity index is 891. The van der Waals surface area contributed by atoms with E-state index in [9.17, 15) is 23.3 Å². The first-order valence-corrected chi connectivity index (χ1v) is 8.79. The average Bonchev–Trinajstić information content (AvgIpc) is 3.03. The van der Waals surface area contributed by atoms with Gasteiger partial charge in [-0.3, -0.25) is 25.8 Å². The molecule has 0 saturated heterocycles. The number of nitro groups is 1. The molecule has 1 heterocycles. The lowest BCUT2D eigenvalue weighted by Gasteiger charge is -2.08. The third-order valence-electron chi connectivity index (χ3n) is 2.76. The third kappa shape index (κ3) is 4.62. The van der Waals surface area contributed by atoms with Crippen molar-refractivity contribution in [2.45, 2.75) is 4.90 Å². The predicted octanol–water partition coefficient (Wildman–Crippen LogP) is 1.46. The monoisotopic (exact) mass is 368 g/mol. The molecule has 1 aromatic heterocycles. The quantitative estimate of drug-likeness (QED) is 0.400. The summed E-state index contributed by atoms with van der Waals surface area (Å²) in [6.07, 6.45) is 2.84. The molecule has 126 valence electrons. The first-order valence-electron chi connectivity index (χ1n) is 6.36. The standard InChI is InChI=1S/C13H12N4O5S2/c14-24(21,22)10-4-5-11(12(8-10)17(19)20)15-16-13(18)6-3-9-2-1-7-23-9/h1-8,15H,(H,16,18)(H2,14,21,22)/b6-3+. The fourth-order valence-corrected chi connectivity index (χ4v) is 2.81. The maximum Gasteiger partial charge on any atom is 0.295 e. The van der Waals surface area contributed by atoms with Gasteiger partial charge in [-0.15, -0.1) is 11.3 Å². The van der Waals surface area contributed by atoms with E-state index in [1.807, 2.05) is 17.5 Å². The van der Waals surface area contributed by atoms with Crippen molar-refractivity contribution in [3.05, 3.63) is 56.8 Å². The first kappa shape index (κ1) is 17.6. The van der Waals surface area contributed by atoms with E-state index in [2.05, 4.69) is 10.9 Å². The number of anilines is 1. The number of amides is 1. The molecule has 0 aliphatic heterocycles. The van der Waals surface area contributed by atoms with Crippen molar-refractivity contribution in [2.75, 3.05) is 5.43 Å². The van der Waals surface area contributed by atoms with Gasteiger partial charge >= 0.3 is 0 Å². The zero-order chi connectivity index (χ0) is 17.7. The number of nitrogens with zero attached hydrogens (tertiary/aromatic N) is 1. The molecule has 0 bridgehead atoms. The number of sulfonamides is 1. The number of nitrogens with two attached hydrogens (primary N) is 1. The summed E-state index contributed by atoms with van der Waals surface area (Å²) in [7, 11) is -4.07. The molecular formula is C13H12N4O5S2. The van der Waals surface area contributed by atoms with Gasteiger partial charge in [-0.05, 0) is 29.7 Å². The van der Waals surface area contributed by atoms with Gasteiger partial charge < -0.3 is 0 Å². The van der Waals surface area contributed by atoms with Gasteiger partial charge in [0.25, 0.3) is 11.6 Å². The highest BCUT2D eigenvalue weighted by Gasteiger charge is 2.19. The average molecular weight is 368 g/mol. The van der Waals surface area contributed by atoms with Crippen LogP contribution in [0.2, 0.25) is 0 Å². The summed E-state index contributed by atoms with van der Waals surface area (Å²) in [6.45, 7) is 0. The Hall–Kier alpha value is -2.76. The van der Waals surface area contributed by atoms with Gasteiger partial charge in [0.15, 0.2) is 0 Å². The van der Waals surface area contributed by atoms with Gasteiger partial charge in [0.1, 0.15) is 5.69 Å². The van der Waals surface area contributed by atoms with Crippen LogP contribution >= 0.6 is 11.3 Å². The second-order valence-electron chi connectivity index (χ2n) is 4.44. The van der Waals surface area contributed by atoms with Crippen LogP contribution in [0.1, 0.15) is 4.88 Å². The van der Waals surface area contributed by atoms with Crippen molar-refractivity contribution in [3.8, 4) is 0 Å². The molecule has 2 rings (SSSR count). The molecule has 1 aromatic carbocycles. The van der Waals surface area contributed by atoms with Crippen molar-refractivity contribution < 1.29 is 18.1 Å². The topological polar surface area (TPSA) is 144 Å². The molecule has 0 aliphatic rings. The van der Waals surface area contributed by atoms with E-state index in [1.165, 1.54) is 17.4 Å². The molecule has 0 saturated carbocycles. The van der Waals surface area contributed by atoms with Gasteiger partial charge in [0, 0.05) is 17.0 Å². The van der Waals surface area contributed by atoms with Crippen LogP contribution in [0, 0.1) is 10.1 Å². The van der Waals surface area contributed by atoms with E-state index >= 15 is 0 Å². The highest BCUT2D eigenvalue weighted by Crippen LogP contribution is 2.26. The Morgan fingerprint density at radius 3 is 2.67 bits per heavy atom. The fourth-order valence-electron chi connectivity index (χ4n) is 1.66. The number of carbonyl (C=O) groups is 1. The van der Waals surface area contributed by atoms with Gasteiger partial charge in [-0.2, -0.15) is 0 Å². The van der Waals surface area contributed by atoms with Crippen molar-refractivity contribution in [2.24, 2.45) is 5.14 Å². The van der Waals surface area contributed by atoms with Crippen molar-refractivity contribution in [3.63, 3.8) is 0 Å². The summed E-state index contributed by atoms with van der Waals surface area (Å²) in [5.74, 6) is -0.534. The Balaban J connectivity index is 2.12. The second-order valence-corrected chi connectivity index (χ2v) is 6.98. The van der Waals surface area contributed by atoms with Gasteiger partial charge in [0.2, 0.25) is 10.0 Å². The molecule has 0 unspecified atom stereocenters. The molecule has 0 radical (unpaired) electrons. The minimum Gasteiger partial charge on any atom is -0.292 e. The number of rotatable bonds is 6. The van der Waals surface area contributed by atoms with Crippen LogP contribution in [0.15, 0.2) is 46.7 Å². The molecule has 0 aliphatic carbocycles. The SMILES string of the molecule is NS(=O)(=O)c1ccc(NNC(=O)/C=C/c2cccs2)c([N+](=O)[O-])c1. The minimum atomic E-state index is -4.07. The number of thiophene rings is 1. The Morgan fingerprint density at radius 2 is 2.08 bits per heavy atom. The molecule has 11 heteroatoms. The molecule has 0 fully saturated rings. The van der Waals surface area contributed by atoms with Crippen LogP contribution in [0.4, 0.5) is 11.4 Å². The van der Waals surface area contributed by atoms with Crippen LogP contribution in [0.25, 0.3) is 6.08 Å². The van der Waals surface area contributed by atoms with Crippen molar-refractivity contribution in [1.29, 1.82) is 0 Å². The number of carbonyl (C=O) groups excluding carboxylic acids is 1. The van der Waals surface area contributed by atoms with Crippen molar-refractivity contribution in [1.82, 2.24) is 5.43 Å². The number of nitrogens with one attached hydrogen (secondary N) is 2. The molecule has 24 heavy (non-hydrogen) atoms. The lowest BCUT2D eigenvalue weighted by molar-refractivity contribution is -0.384. The smallest absolute Gasteiger partial charge is 0.292 e. The largest absolute Gasteiger partial charge is 0.295 e. The highest BCUT2D eigenvalue weighted by atomic mass is 32.2. The third-order valence-corrected chi connectivity index (χ3v) is 4.51. The maximum absolute atomic E-state index is 11.7. The summed E-state index contributed by atoms with van der Waals surface area (Å²) in [6, 6.07) is 6.69. The Kier molecular flexibility index (Phi) is 5.28. The summed E-state index contributed by atoms with van der Waals surface area (Å²) in [4.78, 5) is 22.4. The molecule has 4 N–H and O–H groups in total. The summed E-state index contributed by atoms with van der Waals surface area (Å²) in [5.41, 5.74) is 4.02. The lowest BCUT2D eigenvalue weighted by Crippen LogP contribution is -2.28. The summed E-state index contributed by atoms with van der Waals surface area (Å²) in [5, 5.41) is 17.8. The Morgan fingerprint density at radius 1 is 1.33 bits per heavy atom. The zero-order valence-corrected chi connectivity index (χ0v) is 13.6. The molecule has 1 amide bonds. The van der Waals surface area contributed by atoms with Gasteiger partial charge in [-0.25, -0.2) is 13.6 Å². The van der Waals surface area contributed by atoms with E-state index in [4.69, 9.17) is 5.14 Å². The van der Waals surface area contributed by atoms with Crippen LogP contribution < -0.4 is 16.0 Å².